The largest absolute Gasteiger partial charge is 0.368 e. The first-order valence-electron chi connectivity index (χ1n) is 9.30. The first-order chi connectivity index (χ1) is 12.5. The minimum absolute atomic E-state index is 0.00304. The Bertz CT molecular complexity index is 682. The van der Waals surface area contributed by atoms with Gasteiger partial charge in [-0.05, 0) is 19.3 Å². The highest BCUT2D eigenvalue weighted by atomic mass is 16.5. The van der Waals surface area contributed by atoms with E-state index in [2.05, 4.69) is 10.3 Å². The van der Waals surface area contributed by atoms with Crippen LogP contribution >= 0.6 is 0 Å². The van der Waals surface area contributed by atoms with Crippen molar-refractivity contribution in [3.05, 3.63) is 11.9 Å². The van der Waals surface area contributed by atoms with Crippen LogP contribution in [0, 0.1) is 5.92 Å². The first kappa shape index (κ1) is 17.3. The highest BCUT2D eigenvalue weighted by Crippen LogP contribution is 2.32. The number of ether oxygens (including phenoxy) is 1. The maximum Gasteiger partial charge on any atom is 0.319 e. The molecule has 4 rings (SSSR count). The van der Waals surface area contributed by atoms with Crippen molar-refractivity contribution in [1.29, 1.82) is 0 Å². The summed E-state index contributed by atoms with van der Waals surface area (Å²) in [7, 11) is 3.52. The number of fused-ring (bicyclic) bond motifs is 3. The molecule has 3 amide bonds. The number of likely N-dealkylation sites (tertiary alicyclic amines) is 2. The Balaban J connectivity index is 1.34. The van der Waals surface area contributed by atoms with Crippen LogP contribution in [0.3, 0.4) is 0 Å². The number of nitrogens with zero attached hydrogens (tertiary/aromatic N) is 6. The van der Waals surface area contributed by atoms with Gasteiger partial charge in [0.1, 0.15) is 0 Å². The van der Waals surface area contributed by atoms with Gasteiger partial charge in [-0.25, -0.2) is 9.48 Å². The Morgan fingerprint density at radius 1 is 1.15 bits per heavy atom. The second-order valence-corrected chi connectivity index (χ2v) is 7.60. The summed E-state index contributed by atoms with van der Waals surface area (Å²) in [6.45, 7) is 3.12. The van der Waals surface area contributed by atoms with Crippen LogP contribution < -0.4 is 0 Å². The van der Waals surface area contributed by atoms with Gasteiger partial charge in [0, 0.05) is 46.2 Å². The van der Waals surface area contributed by atoms with Crippen molar-refractivity contribution >= 4 is 11.9 Å². The number of aromatic nitrogens is 3. The highest BCUT2D eigenvalue weighted by Gasteiger charge is 2.39. The summed E-state index contributed by atoms with van der Waals surface area (Å²) >= 11 is 0. The lowest BCUT2D eigenvalue weighted by atomic mass is 9.93. The van der Waals surface area contributed by atoms with E-state index in [1.807, 2.05) is 14.5 Å². The van der Waals surface area contributed by atoms with Gasteiger partial charge in [-0.15, -0.1) is 5.10 Å². The van der Waals surface area contributed by atoms with E-state index in [4.69, 9.17) is 4.74 Å². The summed E-state index contributed by atoms with van der Waals surface area (Å²) in [4.78, 5) is 30.4. The van der Waals surface area contributed by atoms with E-state index in [1.54, 1.807) is 25.2 Å². The molecule has 3 aliphatic rings. The Hall–Kier alpha value is -2.16. The third kappa shape index (κ3) is 3.04. The van der Waals surface area contributed by atoms with E-state index in [-0.39, 0.29) is 30.0 Å². The predicted molar refractivity (Wildman–Crippen MR) is 92.2 cm³/mol. The molecule has 2 fully saturated rings. The summed E-state index contributed by atoms with van der Waals surface area (Å²) in [5.74, 6) is 0.205. The van der Waals surface area contributed by atoms with E-state index in [9.17, 15) is 9.59 Å². The third-order valence-corrected chi connectivity index (χ3v) is 5.74. The lowest BCUT2D eigenvalue weighted by Crippen LogP contribution is -2.53. The topological polar surface area (TPSA) is 83.8 Å². The Kier molecular flexibility index (Phi) is 4.56. The van der Waals surface area contributed by atoms with Gasteiger partial charge in [-0.2, -0.15) is 0 Å². The SMILES string of the molecule is CN(C)C(=O)N1CCC(C(=O)N2CC[C@H]3[C@H](C2)OCc2cnnn23)CC1. The number of rotatable bonds is 1. The van der Waals surface area contributed by atoms with Crippen LogP contribution in [0.25, 0.3) is 0 Å². The molecule has 3 aliphatic heterocycles. The van der Waals surface area contributed by atoms with Crippen LogP contribution in [-0.4, -0.2) is 88.0 Å². The molecular formula is C17H26N6O3. The summed E-state index contributed by atoms with van der Waals surface area (Å²) in [5.41, 5.74) is 1.00. The van der Waals surface area contributed by atoms with E-state index in [1.165, 1.54) is 0 Å². The fourth-order valence-corrected chi connectivity index (χ4v) is 4.25. The Morgan fingerprint density at radius 3 is 2.62 bits per heavy atom. The van der Waals surface area contributed by atoms with Crippen LogP contribution in [0.1, 0.15) is 31.0 Å². The molecule has 0 N–H and O–H groups in total. The van der Waals surface area contributed by atoms with Crippen molar-refractivity contribution in [2.75, 3.05) is 40.3 Å². The normalized spacial score (nSPS) is 26.2. The number of carbonyl (C=O) groups is 2. The molecule has 0 radical (unpaired) electrons. The summed E-state index contributed by atoms with van der Waals surface area (Å²) in [6, 6.07) is 0.195. The van der Waals surface area contributed by atoms with Crippen LogP contribution in [-0.2, 0) is 16.1 Å². The van der Waals surface area contributed by atoms with Gasteiger partial charge in [0.2, 0.25) is 5.91 Å². The second-order valence-electron chi connectivity index (χ2n) is 7.60. The van der Waals surface area contributed by atoms with Crippen molar-refractivity contribution in [2.24, 2.45) is 5.92 Å². The summed E-state index contributed by atoms with van der Waals surface area (Å²) < 4.78 is 7.92. The quantitative estimate of drug-likeness (QED) is 0.720. The monoisotopic (exact) mass is 362 g/mol. The molecule has 1 aromatic rings. The molecule has 0 unspecified atom stereocenters. The van der Waals surface area contributed by atoms with Crippen molar-refractivity contribution in [1.82, 2.24) is 29.7 Å². The molecule has 0 saturated carbocycles. The molecule has 0 aromatic carbocycles. The van der Waals surface area contributed by atoms with Gasteiger partial charge in [0.25, 0.3) is 0 Å². The molecular weight excluding hydrogens is 336 g/mol. The van der Waals surface area contributed by atoms with Crippen molar-refractivity contribution in [3.8, 4) is 0 Å². The van der Waals surface area contributed by atoms with Gasteiger partial charge in [0.15, 0.2) is 0 Å². The van der Waals surface area contributed by atoms with Crippen LogP contribution in [0.2, 0.25) is 0 Å². The molecule has 0 bridgehead atoms. The number of carbonyl (C=O) groups excluding carboxylic acids is 2. The van der Waals surface area contributed by atoms with Gasteiger partial charge < -0.3 is 19.4 Å². The van der Waals surface area contributed by atoms with Crippen LogP contribution in [0.4, 0.5) is 4.79 Å². The number of urea groups is 1. The van der Waals surface area contributed by atoms with Gasteiger partial charge >= 0.3 is 6.03 Å². The van der Waals surface area contributed by atoms with Crippen molar-refractivity contribution < 1.29 is 14.3 Å². The molecule has 2 atom stereocenters. The lowest BCUT2D eigenvalue weighted by molar-refractivity contribution is -0.145. The zero-order chi connectivity index (χ0) is 18.3. The minimum atomic E-state index is -0.0164. The second kappa shape index (κ2) is 6.86. The summed E-state index contributed by atoms with van der Waals surface area (Å²) in [6.07, 6.45) is 4.03. The zero-order valence-electron chi connectivity index (χ0n) is 15.4. The van der Waals surface area contributed by atoms with E-state index in [0.717, 1.165) is 31.5 Å². The molecule has 2 saturated heterocycles. The molecule has 4 heterocycles. The number of piperidine rings is 2. The smallest absolute Gasteiger partial charge is 0.319 e. The van der Waals surface area contributed by atoms with E-state index >= 15 is 0 Å². The van der Waals surface area contributed by atoms with E-state index < -0.39 is 0 Å². The van der Waals surface area contributed by atoms with Crippen molar-refractivity contribution in [2.45, 2.75) is 38.0 Å². The minimum Gasteiger partial charge on any atom is -0.368 e. The number of amides is 3. The maximum absolute atomic E-state index is 13.0. The molecule has 26 heavy (non-hydrogen) atoms. The zero-order valence-corrected chi connectivity index (χ0v) is 15.4. The first-order valence-corrected chi connectivity index (χ1v) is 9.30. The number of hydrogen-bond donors (Lipinski definition) is 0. The average Bonchev–Trinajstić information content (AvgIpc) is 3.15. The molecule has 142 valence electrons. The van der Waals surface area contributed by atoms with Crippen molar-refractivity contribution in [3.63, 3.8) is 0 Å². The van der Waals surface area contributed by atoms with Gasteiger partial charge in [0.05, 0.1) is 30.6 Å². The Morgan fingerprint density at radius 2 is 1.88 bits per heavy atom. The molecule has 9 heteroatoms. The fraction of sp³-hybridized carbons (Fsp3) is 0.765. The Labute approximate surface area is 152 Å². The molecule has 9 nitrogen and oxygen atoms in total. The van der Waals surface area contributed by atoms with Gasteiger partial charge in [-0.1, -0.05) is 5.21 Å². The molecule has 1 aromatic heterocycles. The molecule has 0 spiro atoms. The average molecular weight is 362 g/mol. The highest BCUT2D eigenvalue weighted by molar-refractivity contribution is 5.80. The summed E-state index contributed by atoms with van der Waals surface area (Å²) in [5, 5.41) is 8.15. The lowest BCUT2D eigenvalue weighted by Gasteiger charge is -2.42. The van der Waals surface area contributed by atoms with Gasteiger partial charge in [-0.3, -0.25) is 4.79 Å². The predicted octanol–water partition coefficient (Wildman–Crippen LogP) is 0.344. The maximum atomic E-state index is 13.0. The van der Waals surface area contributed by atoms with Crippen LogP contribution in [0.5, 0.6) is 0 Å². The third-order valence-electron chi connectivity index (χ3n) is 5.74. The van der Waals surface area contributed by atoms with Crippen LogP contribution in [0.15, 0.2) is 6.20 Å². The molecule has 0 aliphatic carbocycles. The fourth-order valence-electron chi connectivity index (χ4n) is 4.25. The number of hydrogen-bond acceptors (Lipinski definition) is 5. The van der Waals surface area contributed by atoms with E-state index in [0.29, 0.717) is 26.2 Å². The standard InChI is InChI=1S/C17H26N6O3/c1-20(2)17(25)21-6-3-12(4-7-21)16(24)22-8-5-14-15(10-22)26-11-13-9-18-19-23(13)14/h9,12,14-15H,3-8,10-11H2,1-2H3/t14-,15-/m0/s1.